The maximum atomic E-state index is 5.45. The summed E-state index contributed by atoms with van der Waals surface area (Å²) in [6.07, 6.45) is 3.22. The van der Waals surface area contributed by atoms with E-state index in [0.29, 0.717) is 0 Å². The average molecular weight is 235 g/mol. The van der Waals surface area contributed by atoms with Crippen LogP contribution in [0.3, 0.4) is 0 Å². The molecule has 2 aliphatic rings. The van der Waals surface area contributed by atoms with Crippen LogP contribution < -0.4 is 5.32 Å². The lowest BCUT2D eigenvalue weighted by Gasteiger charge is -2.42. The van der Waals surface area contributed by atoms with Crippen LogP contribution in [0.5, 0.6) is 0 Å². The Hall–Kier alpha value is -0.840. The number of aromatic amines is 1. The molecule has 0 bridgehead atoms. The number of H-pyrrole nitrogens is 1. The third kappa shape index (κ3) is 2.25. The van der Waals surface area contributed by atoms with Crippen molar-refractivity contribution in [1.29, 1.82) is 0 Å². The minimum atomic E-state index is 0.258. The molecule has 1 aromatic heterocycles. The third-order valence-corrected chi connectivity index (χ3v) is 4.04. The fourth-order valence-electron chi connectivity index (χ4n) is 2.75. The van der Waals surface area contributed by atoms with Gasteiger partial charge in [-0.2, -0.15) is 0 Å². The summed E-state index contributed by atoms with van der Waals surface area (Å²) in [6.45, 7) is 7.56. The molecule has 2 aliphatic heterocycles. The summed E-state index contributed by atoms with van der Waals surface area (Å²) in [7, 11) is 0. The van der Waals surface area contributed by atoms with Crippen molar-refractivity contribution >= 4 is 0 Å². The van der Waals surface area contributed by atoms with Crippen LogP contribution in [0.25, 0.3) is 0 Å². The van der Waals surface area contributed by atoms with Gasteiger partial charge < -0.3 is 19.9 Å². The number of nitrogens with one attached hydrogen (secondary N) is 2. The van der Waals surface area contributed by atoms with Crippen molar-refractivity contribution in [3.8, 4) is 0 Å². The van der Waals surface area contributed by atoms with Crippen molar-refractivity contribution in [2.75, 3.05) is 45.9 Å². The van der Waals surface area contributed by atoms with Crippen molar-refractivity contribution in [3.05, 3.63) is 24.0 Å². The molecule has 0 atom stereocenters. The molecule has 3 rings (SSSR count). The van der Waals surface area contributed by atoms with Gasteiger partial charge in [-0.05, 0) is 25.1 Å². The number of ether oxygens (including phenoxy) is 1. The Morgan fingerprint density at radius 3 is 2.71 bits per heavy atom. The second-order valence-electron chi connectivity index (χ2n) is 5.20. The molecule has 0 saturated carbocycles. The van der Waals surface area contributed by atoms with Crippen LogP contribution in [-0.2, 0) is 10.2 Å². The molecule has 2 fully saturated rings. The SMILES string of the molecule is c1c[nH]c(C2(CCN3CCNCC3)COC2)c1. The zero-order valence-corrected chi connectivity index (χ0v) is 10.2. The lowest BCUT2D eigenvalue weighted by Crippen LogP contribution is -2.51. The second kappa shape index (κ2) is 4.80. The van der Waals surface area contributed by atoms with E-state index < -0.39 is 0 Å². The Bertz CT molecular complexity index is 340. The maximum Gasteiger partial charge on any atom is 0.0600 e. The van der Waals surface area contributed by atoms with Crippen LogP contribution in [0.15, 0.2) is 18.3 Å². The van der Waals surface area contributed by atoms with Crippen molar-refractivity contribution in [2.45, 2.75) is 11.8 Å². The molecule has 17 heavy (non-hydrogen) atoms. The van der Waals surface area contributed by atoms with E-state index >= 15 is 0 Å². The summed E-state index contributed by atoms with van der Waals surface area (Å²) in [5, 5.41) is 3.39. The number of aromatic nitrogens is 1. The van der Waals surface area contributed by atoms with E-state index in [1.54, 1.807) is 0 Å². The number of piperazine rings is 1. The molecule has 0 aliphatic carbocycles. The zero-order chi connectivity index (χ0) is 11.6. The number of nitrogens with zero attached hydrogens (tertiary/aromatic N) is 1. The highest BCUT2D eigenvalue weighted by molar-refractivity contribution is 5.21. The first kappa shape index (κ1) is 11.3. The molecular weight excluding hydrogens is 214 g/mol. The Balaban J connectivity index is 1.59. The monoisotopic (exact) mass is 235 g/mol. The second-order valence-corrected chi connectivity index (χ2v) is 5.20. The van der Waals surface area contributed by atoms with E-state index in [0.717, 1.165) is 26.3 Å². The summed E-state index contributed by atoms with van der Waals surface area (Å²) in [4.78, 5) is 5.91. The van der Waals surface area contributed by atoms with Crippen molar-refractivity contribution in [1.82, 2.24) is 15.2 Å². The van der Waals surface area contributed by atoms with Gasteiger partial charge in [0.2, 0.25) is 0 Å². The highest BCUT2D eigenvalue weighted by atomic mass is 16.5. The molecule has 4 nitrogen and oxygen atoms in total. The fourth-order valence-corrected chi connectivity index (χ4v) is 2.75. The first-order valence-electron chi connectivity index (χ1n) is 6.54. The molecule has 2 saturated heterocycles. The molecule has 3 heterocycles. The predicted molar refractivity (Wildman–Crippen MR) is 67.2 cm³/mol. The molecule has 94 valence electrons. The average Bonchev–Trinajstić information content (AvgIpc) is 2.83. The Kier molecular flexibility index (Phi) is 3.18. The molecule has 2 N–H and O–H groups in total. The summed E-state index contributed by atoms with van der Waals surface area (Å²) in [6, 6.07) is 4.28. The van der Waals surface area contributed by atoms with Gasteiger partial charge in [0.15, 0.2) is 0 Å². The first-order chi connectivity index (χ1) is 8.39. The summed E-state index contributed by atoms with van der Waals surface area (Å²) >= 11 is 0. The first-order valence-corrected chi connectivity index (χ1v) is 6.54. The fraction of sp³-hybridized carbons (Fsp3) is 0.692. The topological polar surface area (TPSA) is 40.3 Å². The highest BCUT2D eigenvalue weighted by Gasteiger charge is 2.41. The van der Waals surface area contributed by atoms with E-state index in [2.05, 4.69) is 27.3 Å². The van der Waals surface area contributed by atoms with Crippen LogP contribution in [0.2, 0.25) is 0 Å². The lowest BCUT2D eigenvalue weighted by atomic mass is 9.79. The molecule has 0 spiro atoms. The predicted octanol–water partition coefficient (Wildman–Crippen LogP) is 0.578. The van der Waals surface area contributed by atoms with Crippen LogP contribution in [-0.4, -0.2) is 55.8 Å². The standard InChI is InChI=1S/C13H21N3O/c1-2-12(15-4-1)13(10-17-11-13)3-7-16-8-5-14-6-9-16/h1-2,4,14-15H,3,5-11H2. The number of hydrogen-bond acceptors (Lipinski definition) is 3. The lowest BCUT2D eigenvalue weighted by molar-refractivity contribution is -0.0697. The minimum absolute atomic E-state index is 0.258. The molecule has 0 aromatic carbocycles. The summed E-state index contributed by atoms with van der Waals surface area (Å²) in [5.74, 6) is 0. The van der Waals surface area contributed by atoms with Crippen LogP contribution in [0.4, 0.5) is 0 Å². The Morgan fingerprint density at radius 2 is 2.12 bits per heavy atom. The Morgan fingerprint density at radius 1 is 1.29 bits per heavy atom. The maximum absolute atomic E-state index is 5.45. The van der Waals surface area contributed by atoms with Crippen LogP contribution in [0.1, 0.15) is 12.1 Å². The van der Waals surface area contributed by atoms with E-state index in [9.17, 15) is 0 Å². The minimum Gasteiger partial charge on any atom is -0.379 e. The van der Waals surface area contributed by atoms with Crippen molar-refractivity contribution < 1.29 is 4.74 Å². The quantitative estimate of drug-likeness (QED) is 0.802. The van der Waals surface area contributed by atoms with E-state index in [1.165, 1.54) is 31.7 Å². The molecule has 1 aromatic rings. The van der Waals surface area contributed by atoms with Gasteiger partial charge in [0, 0.05) is 38.1 Å². The highest BCUT2D eigenvalue weighted by Crippen LogP contribution is 2.34. The van der Waals surface area contributed by atoms with Crippen LogP contribution in [0, 0.1) is 0 Å². The van der Waals surface area contributed by atoms with Gasteiger partial charge in [-0.3, -0.25) is 0 Å². The van der Waals surface area contributed by atoms with Crippen molar-refractivity contribution in [2.24, 2.45) is 0 Å². The molecule has 0 unspecified atom stereocenters. The van der Waals surface area contributed by atoms with Crippen LogP contribution >= 0.6 is 0 Å². The van der Waals surface area contributed by atoms with E-state index in [4.69, 9.17) is 4.74 Å². The largest absolute Gasteiger partial charge is 0.379 e. The molecule has 0 radical (unpaired) electrons. The van der Waals surface area contributed by atoms with E-state index in [1.807, 2.05) is 6.20 Å². The van der Waals surface area contributed by atoms with Gasteiger partial charge in [0.05, 0.1) is 18.6 Å². The molecular formula is C13H21N3O. The summed E-state index contributed by atoms with van der Waals surface area (Å²) < 4.78 is 5.45. The number of hydrogen-bond donors (Lipinski definition) is 2. The molecule has 0 amide bonds. The molecule has 4 heteroatoms. The van der Waals surface area contributed by atoms with Gasteiger partial charge in [0.25, 0.3) is 0 Å². The normalized spacial score (nSPS) is 24.5. The van der Waals surface area contributed by atoms with Gasteiger partial charge in [-0.1, -0.05) is 0 Å². The van der Waals surface area contributed by atoms with Gasteiger partial charge in [-0.25, -0.2) is 0 Å². The van der Waals surface area contributed by atoms with Gasteiger partial charge >= 0.3 is 0 Å². The van der Waals surface area contributed by atoms with Gasteiger partial charge in [0.1, 0.15) is 0 Å². The summed E-state index contributed by atoms with van der Waals surface area (Å²) in [5.41, 5.74) is 1.60. The smallest absolute Gasteiger partial charge is 0.0600 e. The third-order valence-electron chi connectivity index (χ3n) is 4.04. The zero-order valence-electron chi connectivity index (χ0n) is 10.2. The number of rotatable bonds is 4. The van der Waals surface area contributed by atoms with E-state index in [-0.39, 0.29) is 5.41 Å². The van der Waals surface area contributed by atoms with Crippen molar-refractivity contribution in [3.63, 3.8) is 0 Å². The van der Waals surface area contributed by atoms with Gasteiger partial charge in [-0.15, -0.1) is 0 Å². The Labute approximate surface area is 102 Å².